The molecule has 1 saturated carbocycles. The normalized spacial score (nSPS) is 16.9. The fraction of sp³-hybridized carbons (Fsp3) is 0.435. The predicted molar refractivity (Wildman–Crippen MR) is 126 cm³/mol. The number of halogens is 1. The van der Waals surface area contributed by atoms with Crippen molar-refractivity contribution in [1.82, 2.24) is 25.5 Å². The second-order valence-corrected chi connectivity index (χ2v) is 9.42. The second-order valence-electron chi connectivity index (χ2n) is 8.34. The molecule has 168 valence electrons. The van der Waals surface area contributed by atoms with Gasteiger partial charge in [-0.1, -0.05) is 6.07 Å². The van der Waals surface area contributed by atoms with Gasteiger partial charge >= 0.3 is 0 Å². The van der Waals surface area contributed by atoms with Gasteiger partial charge in [-0.2, -0.15) is 0 Å². The number of carbonyl (C=O) groups is 1. The zero-order valence-electron chi connectivity index (χ0n) is 17.9. The number of anilines is 1. The first-order chi connectivity index (χ1) is 15.7. The lowest BCUT2D eigenvalue weighted by atomic mass is 10.1. The lowest BCUT2D eigenvalue weighted by Crippen LogP contribution is -2.44. The van der Waals surface area contributed by atoms with Crippen LogP contribution >= 0.6 is 11.3 Å². The summed E-state index contributed by atoms with van der Waals surface area (Å²) >= 11 is 1.44. The molecule has 7 nitrogen and oxygen atoms in total. The van der Waals surface area contributed by atoms with Crippen molar-refractivity contribution in [2.24, 2.45) is 0 Å². The SMILES string of the molecule is O=C(NC1CC1)c1cccc2sc(-c3nc(NCCCN4CCNCC4)ncc3F)cc12. The molecule has 3 N–H and O–H groups in total. The molecule has 5 rings (SSSR count). The molecule has 2 aliphatic rings. The number of aromatic nitrogens is 2. The van der Waals surface area contributed by atoms with E-state index in [9.17, 15) is 9.18 Å². The van der Waals surface area contributed by atoms with Gasteiger partial charge in [0.1, 0.15) is 5.69 Å². The molecule has 1 aromatic carbocycles. The van der Waals surface area contributed by atoms with E-state index in [-0.39, 0.29) is 17.6 Å². The maximum Gasteiger partial charge on any atom is 0.252 e. The largest absolute Gasteiger partial charge is 0.354 e. The van der Waals surface area contributed by atoms with E-state index in [4.69, 9.17) is 0 Å². The Kier molecular flexibility index (Phi) is 6.29. The molecule has 1 amide bonds. The number of hydrogen-bond donors (Lipinski definition) is 3. The molecule has 0 radical (unpaired) electrons. The van der Waals surface area contributed by atoms with E-state index in [1.807, 2.05) is 24.3 Å². The molecule has 3 heterocycles. The number of amides is 1. The fourth-order valence-electron chi connectivity index (χ4n) is 3.93. The first-order valence-corrected chi connectivity index (χ1v) is 12.0. The van der Waals surface area contributed by atoms with E-state index in [0.29, 0.717) is 16.4 Å². The van der Waals surface area contributed by atoms with Crippen molar-refractivity contribution >= 4 is 33.3 Å². The monoisotopic (exact) mass is 454 g/mol. The van der Waals surface area contributed by atoms with Crippen LogP contribution in [-0.4, -0.2) is 66.1 Å². The maximum atomic E-state index is 14.6. The number of piperazine rings is 1. The Morgan fingerprint density at radius 2 is 2.12 bits per heavy atom. The second kappa shape index (κ2) is 9.48. The van der Waals surface area contributed by atoms with Crippen LogP contribution in [0.3, 0.4) is 0 Å². The molecule has 0 bridgehead atoms. The number of hydrogen-bond acceptors (Lipinski definition) is 7. The van der Waals surface area contributed by atoms with Gasteiger partial charge in [0.05, 0.1) is 11.1 Å². The molecule has 32 heavy (non-hydrogen) atoms. The third kappa shape index (κ3) is 4.90. The Morgan fingerprint density at radius 3 is 2.94 bits per heavy atom. The van der Waals surface area contributed by atoms with E-state index in [0.717, 1.165) is 68.6 Å². The smallest absolute Gasteiger partial charge is 0.252 e. The molecule has 2 aromatic heterocycles. The molecule has 9 heteroatoms. The summed E-state index contributed by atoms with van der Waals surface area (Å²) < 4.78 is 15.6. The molecule has 0 unspecified atom stereocenters. The molecule has 0 spiro atoms. The molecule has 1 aliphatic heterocycles. The lowest BCUT2D eigenvalue weighted by Gasteiger charge is -2.27. The van der Waals surface area contributed by atoms with Crippen molar-refractivity contribution in [2.75, 3.05) is 44.6 Å². The highest BCUT2D eigenvalue weighted by molar-refractivity contribution is 7.22. The van der Waals surface area contributed by atoms with Crippen LogP contribution in [-0.2, 0) is 0 Å². The van der Waals surface area contributed by atoms with Gasteiger partial charge in [-0.3, -0.25) is 4.79 Å². The maximum absolute atomic E-state index is 14.6. The molecular formula is C23H27FN6OS. The zero-order valence-corrected chi connectivity index (χ0v) is 18.7. The van der Waals surface area contributed by atoms with Crippen LogP contribution in [0.1, 0.15) is 29.6 Å². The summed E-state index contributed by atoms with van der Waals surface area (Å²) in [7, 11) is 0. The Morgan fingerprint density at radius 1 is 1.28 bits per heavy atom. The summed E-state index contributed by atoms with van der Waals surface area (Å²) in [5.74, 6) is -0.116. The van der Waals surface area contributed by atoms with Crippen molar-refractivity contribution in [1.29, 1.82) is 0 Å². The van der Waals surface area contributed by atoms with Gasteiger partial charge in [-0.05, 0) is 44.0 Å². The van der Waals surface area contributed by atoms with Crippen LogP contribution in [0, 0.1) is 5.82 Å². The third-order valence-corrected chi connectivity index (χ3v) is 6.95. The lowest BCUT2D eigenvalue weighted by molar-refractivity contribution is 0.0953. The third-order valence-electron chi connectivity index (χ3n) is 5.84. The van der Waals surface area contributed by atoms with Crippen LogP contribution in [0.5, 0.6) is 0 Å². The van der Waals surface area contributed by atoms with E-state index in [1.165, 1.54) is 17.5 Å². The van der Waals surface area contributed by atoms with Gasteiger partial charge in [-0.15, -0.1) is 11.3 Å². The summed E-state index contributed by atoms with van der Waals surface area (Å²) in [5.41, 5.74) is 0.886. The Bertz CT molecular complexity index is 1110. The number of rotatable bonds is 8. The summed E-state index contributed by atoms with van der Waals surface area (Å²) in [6.45, 7) is 5.97. The Labute approximate surface area is 190 Å². The number of benzene rings is 1. The standard InChI is InChI=1S/C23H27FN6OS/c24-18-14-27-23(26-7-2-10-30-11-8-25-9-12-30)29-21(18)20-13-17-16(3-1-4-19(17)32-20)22(31)28-15-5-6-15/h1,3-4,13-15,25H,2,5-12H2,(H,28,31)(H,26,27,29). The van der Waals surface area contributed by atoms with Crippen LogP contribution in [0.25, 0.3) is 20.7 Å². The van der Waals surface area contributed by atoms with E-state index >= 15 is 0 Å². The quantitative estimate of drug-likeness (QED) is 0.454. The van der Waals surface area contributed by atoms with Gasteiger partial charge in [0, 0.05) is 54.4 Å². The minimum Gasteiger partial charge on any atom is -0.354 e. The highest BCUT2D eigenvalue weighted by atomic mass is 32.1. The van der Waals surface area contributed by atoms with Crippen molar-refractivity contribution in [3.05, 3.63) is 41.8 Å². The van der Waals surface area contributed by atoms with E-state index < -0.39 is 5.82 Å². The number of nitrogens with one attached hydrogen (secondary N) is 3. The summed E-state index contributed by atoms with van der Waals surface area (Å²) in [6.07, 6.45) is 4.26. The van der Waals surface area contributed by atoms with Gasteiger partial charge in [-0.25, -0.2) is 14.4 Å². The average molecular weight is 455 g/mol. The minimum absolute atomic E-state index is 0.0718. The number of carbonyl (C=O) groups excluding carboxylic acids is 1. The average Bonchev–Trinajstić information content (AvgIpc) is 3.52. The topological polar surface area (TPSA) is 82.2 Å². The molecule has 2 fully saturated rings. The molecule has 1 aliphatic carbocycles. The fourth-order valence-corrected chi connectivity index (χ4v) is 5.01. The molecule has 3 aromatic rings. The Hall–Kier alpha value is -2.62. The first-order valence-electron chi connectivity index (χ1n) is 11.2. The molecule has 0 atom stereocenters. The van der Waals surface area contributed by atoms with Crippen LogP contribution in [0.2, 0.25) is 0 Å². The summed E-state index contributed by atoms with van der Waals surface area (Å²) in [5, 5.41) is 10.4. The van der Waals surface area contributed by atoms with Gasteiger partial charge in [0.2, 0.25) is 5.95 Å². The van der Waals surface area contributed by atoms with Crippen molar-refractivity contribution in [3.8, 4) is 10.6 Å². The highest BCUT2D eigenvalue weighted by Crippen LogP contribution is 2.36. The van der Waals surface area contributed by atoms with Crippen LogP contribution in [0.4, 0.5) is 10.3 Å². The van der Waals surface area contributed by atoms with Crippen molar-refractivity contribution < 1.29 is 9.18 Å². The van der Waals surface area contributed by atoms with Crippen LogP contribution in [0.15, 0.2) is 30.5 Å². The van der Waals surface area contributed by atoms with Crippen LogP contribution < -0.4 is 16.0 Å². The predicted octanol–water partition coefficient (Wildman–Crippen LogP) is 3.10. The van der Waals surface area contributed by atoms with Gasteiger partial charge in [0.15, 0.2) is 5.82 Å². The Balaban J connectivity index is 1.30. The first kappa shape index (κ1) is 21.2. The molecular weight excluding hydrogens is 427 g/mol. The highest BCUT2D eigenvalue weighted by Gasteiger charge is 2.25. The number of fused-ring (bicyclic) bond motifs is 1. The number of nitrogens with zero attached hydrogens (tertiary/aromatic N) is 3. The summed E-state index contributed by atoms with van der Waals surface area (Å²) in [4.78, 5) is 24.3. The van der Waals surface area contributed by atoms with Gasteiger partial charge in [0.25, 0.3) is 5.91 Å². The summed E-state index contributed by atoms with van der Waals surface area (Å²) in [6, 6.07) is 7.78. The molecule has 1 saturated heterocycles. The van der Waals surface area contributed by atoms with Crippen molar-refractivity contribution in [2.45, 2.75) is 25.3 Å². The minimum atomic E-state index is -0.466. The number of thiophene rings is 1. The zero-order chi connectivity index (χ0) is 21.9. The van der Waals surface area contributed by atoms with Crippen molar-refractivity contribution in [3.63, 3.8) is 0 Å². The van der Waals surface area contributed by atoms with E-state index in [1.54, 1.807) is 0 Å². The van der Waals surface area contributed by atoms with Gasteiger partial charge < -0.3 is 20.9 Å². The van der Waals surface area contributed by atoms with E-state index in [2.05, 4.69) is 30.8 Å².